The van der Waals surface area contributed by atoms with Gasteiger partial charge in [0.05, 0.1) is 6.54 Å². The number of amides is 1. The Morgan fingerprint density at radius 2 is 2.38 bits per heavy atom. The van der Waals surface area contributed by atoms with Crippen molar-refractivity contribution in [1.82, 2.24) is 10.2 Å². The highest BCUT2D eigenvalue weighted by Gasteiger charge is 2.39. The highest BCUT2D eigenvalue weighted by atomic mass is 16.6. The number of nitrogens with one attached hydrogen (secondary N) is 1. The third-order valence-corrected chi connectivity index (χ3v) is 3.71. The van der Waals surface area contributed by atoms with Crippen LogP contribution in [-0.2, 0) is 4.74 Å². The molecule has 2 saturated heterocycles. The number of hydrogen-bond acceptors (Lipinski definition) is 3. The van der Waals surface area contributed by atoms with Gasteiger partial charge in [-0.1, -0.05) is 0 Å². The van der Waals surface area contributed by atoms with E-state index in [4.69, 9.17) is 4.74 Å². The number of hydrogen-bond donors (Lipinski definition) is 1. The van der Waals surface area contributed by atoms with Crippen LogP contribution in [0.25, 0.3) is 0 Å². The SMILES string of the molecule is CC(C)N1CCC(CC2(C)CNC(=O)O2)C1. The fourth-order valence-electron chi connectivity index (χ4n) is 2.78. The lowest BCUT2D eigenvalue weighted by Crippen LogP contribution is -2.34. The number of cyclic esters (lactones) is 1. The third-order valence-electron chi connectivity index (χ3n) is 3.71. The highest BCUT2D eigenvalue weighted by Crippen LogP contribution is 2.30. The molecular formula is C12H22N2O2. The fourth-order valence-corrected chi connectivity index (χ4v) is 2.78. The second-order valence-electron chi connectivity index (χ2n) is 5.64. The van der Waals surface area contributed by atoms with E-state index >= 15 is 0 Å². The van der Waals surface area contributed by atoms with Crippen LogP contribution in [0.3, 0.4) is 0 Å². The predicted octanol–water partition coefficient (Wildman–Crippen LogP) is 1.61. The minimum absolute atomic E-state index is 0.263. The zero-order valence-corrected chi connectivity index (χ0v) is 10.5. The van der Waals surface area contributed by atoms with Crippen molar-refractivity contribution < 1.29 is 9.53 Å². The lowest BCUT2D eigenvalue weighted by Gasteiger charge is -2.25. The molecule has 0 saturated carbocycles. The number of likely N-dealkylation sites (tertiary alicyclic amines) is 1. The Morgan fingerprint density at radius 1 is 1.62 bits per heavy atom. The number of rotatable bonds is 3. The van der Waals surface area contributed by atoms with Crippen molar-refractivity contribution in [3.05, 3.63) is 0 Å². The second-order valence-corrected chi connectivity index (χ2v) is 5.64. The van der Waals surface area contributed by atoms with Gasteiger partial charge in [0.2, 0.25) is 0 Å². The van der Waals surface area contributed by atoms with Crippen molar-refractivity contribution in [2.75, 3.05) is 19.6 Å². The topological polar surface area (TPSA) is 41.6 Å². The summed E-state index contributed by atoms with van der Waals surface area (Å²) in [6.07, 6.45) is 1.95. The van der Waals surface area contributed by atoms with Crippen LogP contribution >= 0.6 is 0 Å². The molecule has 2 unspecified atom stereocenters. The molecule has 0 aromatic carbocycles. The van der Waals surface area contributed by atoms with Crippen LogP contribution in [0.4, 0.5) is 4.79 Å². The minimum Gasteiger partial charge on any atom is -0.441 e. The maximum atomic E-state index is 11.1. The van der Waals surface area contributed by atoms with Gasteiger partial charge < -0.3 is 15.0 Å². The van der Waals surface area contributed by atoms with Crippen molar-refractivity contribution in [1.29, 1.82) is 0 Å². The normalized spacial score (nSPS) is 35.5. The van der Waals surface area contributed by atoms with Gasteiger partial charge in [-0.25, -0.2) is 4.79 Å². The summed E-state index contributed by atoms with van der Waals surface area (Å²) in [5.41, 5.74) is -0.283. The van der Waals surface area contributed by atoms with Gasteiger partial charge in [-0.2, -0.15) is 0 Å². The predicted molar refractivity (Wildman–Crippen MR) is 62.3 cm³/mol. The smallest absolute Gasteiger partial charge is 0.407 e. The van der Waals surface area contributed by atoms with Gasteiger partial charge in [-0.15, -0.1) is 0 Å². The van der Waals surface area contributed by atoms with E-state index in [2.05, 4.69) is 24.1 Å². The molecule has 2 rings (SSSR count). The number of carbonyl (C=O) groups excluding carboxylic acids is 1. The van der Waals surface area contributed by atoms with E-state index in [1.807, 2.05) is 6.92 Å². The number of alkyl carbamates (subject to hydrolysis) is 1. The van der Waals surface area contributed by atoms with Crippen LogP contribution in [0, 0.1) is 5.92 Å². The minimum atomic E-state index is -0.283. The molecule has 2 aliphatic rings. The molecule has 92 valence electrons. The summed E-state index contributed by atoms with van der Waals surface area (Å²) in [6.45, 7) is 9.49. The Morgan fingerprint density at radius 3 is 2.88 bits per heavy atom. The molecule has 2 fully saturated rings. The molecule has 0 bridgehead atoms. The molecule has 0 spiro atoms. The quantitative estimate of drug-likeness (QED) is 0.795. The molecule has 1 amide bonds. The first kappa shape index (κ1) is 11.7. The maximum Gasteiger partial charge on any atom is 0.407 e. The van der Waals surface area contributed by atoms with Gasteiger partial charge in [0.25, 0.3) is 0 Å². The van der Waals surface area contributed by atoms with Crippen LogP contribution < -0.4 is 5.32 Å². The van der Waals surface area contributed by atoms with Crippen LogP contribution in [0.5, 0.6) is 0 Å². The Kier molecular flexibility index (Phi) is 3.10. The van der Waals surface area contributed by atoms with Crippen LogP contribution in [0.15, 0.2) is 0 Å². The van der Waals surface area contributed by atoms with E-state index in [0.717, 1.165) is 13.0 Å². The van der Waals surface area contributed by atoms with E-state index in [1.54, 1.807) is 0 Å². The summed E-state index contributed by atoms with van der Waals surface area (Å²) in [4.78, 5) is 13.6. The average molecular weight is 226 g/mol. The summed E-state index contributed by atoms with van der Waals surface area (Å²) in [6, 6.07) is 0.627. The molecule has 4 heteroatoms. The number of ether oxygens (including phenoxy) is 1. The van der Waals surface area contributed by atoms with Crippen LogP contribution in [0.1, 0.15) is 33.6 Å². The summed E-state index contributed by atoms with van der Waals surface area (Å²) < 4.78 is 5.34. The van der Waals surface area contributed by atoms with Gasteiger partial charge in [0.15, 0.2) is 0 Å². The lowest BCUT2D eigenvalue weighted by atomic mass is 9.91. The molecule has 2 atom stereocenters. The van der Waals surface area contributed by atoms with Crippen LogP contribution in [-0.4, -0.2) is 42.3 Å². The molecule has 1 N–H and O–H groups in total. The van der Waals surface area contributed by atoms with Gasteiger partial charge in [-0.05, 0) is 46.1 Å². The van der Waals surface area contributed by atoms with Gasteiger partial charge in [-0.3, -0.25) is 0 Å². The molecule has 0 radical (unpaired) electrons. The highest BCUT2D eigenvalue weighted by molar-refractivity contribution is 5.70. The Bertz CT molecular complexity index is 280. The number of carbonyl (C=O) groups is 1. The van der Waals surface area contributed by atoms with Crippen molar-refractivity contribution in [3.8, 4) is 0 Å². The Balaban J connectivity index is 1.85. The van der Waals surface area contributed by atoms with E-state index in [1.165, 1.54) is 13.0 Å². The molecule has 2 aliphatic heterocycles. The molecule has 0 aromatic heterocycles. The third kappa shape index (κ3) is 2.48. The monoisotopic (exact) mass is 226 g/mol. The second kappa shape index (κ2) is 4.24. The summed E-state index contributed by atoms with van der Waals surface area (Å²) >= 11 is 0. The molecule has 16 heavy (non-hydrogen) atoms. The van der Waals surface area contributed by atoms with E-state index in [9.17, 15) is 4.79 Å². The zero-order chi connectivity index (χ0) is 11.8. The van der Waals surface area contributed by atoms with Crippen molar-refractivity contribution in [2.24, 2.45) is 5.92 Å². The Labute approximate surface area is 97.3 Å². The molecule has 2 heterocycles. The standard InChI is InChI=1S/C12H22N2O2/c1-9(2)14-5-4-10(7-14)6-12(3)8-13-11(15)16-12/h9-10H,4-8H2,1-3H3,(H,13,15). The van der Waals surface area contributed by atoms with E-state index in [-0.39, 0.29) is 11.7 Å². The first-order valence-electron chi connectivity index (χ1n) is 6.19. The van der Waals surface area contributed by atoms with Gasteiger partial charge >= 0.3 is 6.09 Å². The fraction of sp³-hybridized carbons (Fsp3) is 0.917. The first-order valence-corrected chi connectivity index (χ1v) is 6.19. The van der Waals surface area contributed by atoms with Crippen LogP contribution in [0.2, 0.25) is 0 Å². The largest absolute Gasteiger partial charge is 0.441 e. The molecule has 4 nitrogen and oxygen atoms in total. The summed E-state index contributed by atoms with van der Waals surface area (Å²) in [7, 11) is 0. The molecule has 0 aliphatic carbocycles. The van der Waals surface area contributed by atoms with Crippen molar-refractivity contribution in [3.63, 3.8) is 0 Å². The van der Waals surface area contributed by atoms with Crippen molar-refractivity contribution >= 4 is 6.09 Å². The van der Waals surface area contributed by atoms with Gasteiger partial charge in [0.1, 0.15) is 5.60 Å². The van der Waals surface area contributed by atoms with E-state index < -0.39 is 0 Å². The average Bonchev–Trinajstić information content (AvgIpc) is 2.74. The Hall–Kier alpha value is -0.770. The number of nitrogens with zero attached hydrogens (tertiary/aromatic N) is 1. The maximum absolute atomic E-state index is 11.1. The first-order chi connectivity index (χ1) is 7.48. The van der Waals surface area contributed by atoms with E-state index in [0.29, 0.717) is 18.5 Å². The molecular weight excluding hydrogens is 204 g/mol. The molecule has 0 aromatic rings. The van der Waals surface area contributed by atoms with Gasteiger partial charge in [0, 0.05) is 12.6 Å². The summed E-state index contributed by atoms with van der Waals surface area (Å²) in [5.74, 6) is 0.667. The lowest BCUT2D eigenvalue weighted by molar-refractivity contribution is 0.0514. The summed E-state index contributed by atoms with van der Waals surface area (Å²) in [5, 5.41) is 2.74. The van der Waals surface area contributed by atoms with Crippen molar-refractivity contribution in [2.45, 2.75) is 45.3 Å². The zero-order valence-electron chi connectivity index (χ0n) is 10.5.